The number of aromatic nitrogens is 1. The lowest BCUT2D eigenvalue weighted by Gasteiger charge is -1.96. The Kier molecular flexibility index (Phi) is 2.87. The highest BCUT2D eigenvalue weighted by atomic mass is 32.1. The first-order chi connectivity index (χ1) is 7.70. The molecule has 0 radical (unpaired) electrons. The number of hydrogen-bond donors (Lipinski definition) is 1. The van der Waals surface area contributed by atoms with Gasteiger partial charge >= 0.3 is 5.97 Å². The van der Waals surface area contributed by atoms with Crippen molar-refractivity contribution in [1.82, 2.24) is 4.98 Å². The Morgan fingerprint density at radius 2 is 2.19 bits per heavy atom. The Labute approximate surface area is 96.7 Å². The van der Waals surface area contributed by atoms with Gasteiger partial charge in [0.2, 0.25) is 0 Å². The van der Waals surface area contributed by atoms with Gasteiger partial charge in [-0.1, -0.05) is 0 Å². The third-order valence-electron chi connectivity index (χ3n) is 2.03. The summed E-state index contributed by atoms with van der Waals surface area (Å²) in [7, 11) is 1.36. The number of thiophene rings is 1. The number of anilines is 1. The van der Waals surface area contributed by atoms with Gasteiger partial charge in [-0.25, -0.2) is 4.79 Å². The lowest BCUT2D eigenvalue weighted by molar-refractivity contribution is 0.0606. The van der Waals surface area contributed by atoms with E-state index in [0.29, 0.717) is 10.6 Å². The normalized spacial score (nSPS) is 10.1. The fraction of sp³-hybridized carbons (Fsp3) is 0.0909. The molecule has 0 spiro atoms. The molecule has 5 heteroatoms. The summed E-state index contributed by atoms with van der Waals surface area (Å²) in [5, 5.41) is 0. The third kappa shape index (κ3) is 2.04. The second kappa shape index (κ2) is 4.32. The Bertz CT molecular complexity index is 505. The average Bonchev–Trinajstić information content (AvgIpc) is 2.78. The van der Waals surface area contributed by atoms with E-state index in [4.69, 9.17) is 5.73 Å². The van der Waals surface area contributed by atoms with Crippen LogP contribution in [0.2, 0.25) is 0 Å². The van der Waals surface area contributed by atoms with E-state index in [1.807, 2.05) is 12.1 Å². The van der Waals surface area contributed by atoms with E-state index in [2.05, 4.69) is 9.72 Å². The number of carbonyl (C=O) groups is 1. The summed E-state index contributed by atoms with van der Waals surface area (Å²) in [5.74, 6) is -0.327. The maximum absolute atomic E-state index is 11.3. The van der Waals surface area contributed by atoms with Gasteiger partial charge in [0.25, 0.3) is 0 Å². The van der Waals surface area contributed by atoms with Gasteiger partial charge < -0.3 is 10.5 Å². The van der Waals surface area contributed by atoms with Gasteiger partial charge in [0.1, 0.15) is 4.88 Å². The van der Waals surface area contributed by atoms with Gasteiger partial charge in [-0.3, -0.25) is 4.98 Å². The molecule has 0 saturated heterocycles. The van der Waals surface area contributed by atoms with E-state index in [1.54, 1.807) is 18.3 Å². The number of methoxy groups -OCH3 is 1. The molecule has 0 aliphatic rings. The molecule has 2 N–H and O–H groups in total. The number of rotatable bonds is 2. The van der Waals surface area contributed by atoms with E-state index in [9.17, 15) is 4.79 Å². The van der Waals surface area contributed by atoms with Crippen LogP contribution >= 0.6 is 11.3 Å². The third-order valence-corrected chi connectivity index (χ3v) is 3.12. The number of hydrogen-bond acceptors (Lipinski definition) is 5. The van der Waals surface area contributed by atoms with Crippen molar-refractivity contribution in [2.75, 3.05) is 12.8 Å². The molecule has 2 aromatic rings. The van der Waals surface area contributed by atoms with E-state index in [1.165, 1.54) is 18.4 Å². The minimum Gasteiger partial charge on any atom is -0.465 e. The second-order valence-corrected chi connectivity index (χ2v) is 4.22. The van der Waals surface area contributed by atoms with E-state index in [0.717, 1.165) is 10.6 Å². The molecule has 0 saturated carbocycles. The molecule has 0 aliphatic heterocycles. The van der Waals surface area contributed by atoms with Crippen molar-refractivity contribution in [3.8, 4) is 10.6 Å². The summed E-state index contributed by atoms with van der Waals surface area (Å²) in [4.78, 5) is 16.9. The summed E-state index contributed by atoms with van der Waals surface area (Å²) in [6, 6.07) is 7.17. The largest absolute Gasteiger partial charge is 0.465 e. The van der Waals surface area contributed by atoms with Crippen LogP contribution in [0.3, 0.4) is 0 Å². The molecule has 0 atom stereocenters. The van der Waals surface area contributed by atoms with E-state index < -0.39 is 0 Å². The topological polar surface area (TPSA) is 65.2 Å². The molecule has 16 heavy (non-hydrogen) atoms. The SMILES string of the molecule is COC(=O)c1ccc(-c2ccc(N)cn2)s1. The number of nitrogens with zero attached hydrogens (tertiary/aromatic N) is 1. The molecule has 0 bridgehead atoms. The Balaban J connectivity index is 2.31. The average molecular weight is 234 g/mol. The lowest BCUT2D eigenvalue weighted by Crippen LogP contribution is -1.96. The van der Waals surface area contributed by atoms with Crippen molar-refractivity contribution in [2.45, 2.75) is 0 Å². The standard InChI is InChI=1S/C11H10N2O2S/c1-15-11(14)10-5-4-9(16-10)8-3-2-7(12)6-13-8/h2-6H,12H2,1H3. The smallest absolute Gasteiger partial charge is 0.348 e. The van der Waals surface area contributed by atoms with Gasteiger partial charge in [-0.15, -0.1) is 11.3 Å². The van der Waals surface area contributed by atoms with Gasteiger partial charge in [0, 0.05) is 0 Å². The molecule has 0 aromatic carbocycles. The highest BCUT2D eigenvalue weighted by molar-refractivity contribution is 7.17. The molecule has 2 heterocycles. The van der Waals surface area contributed by atoms with Crippen molar-refractivity contribution < 1.29 is 9.53 Å². The summed E-state index contributed by atoms with van der Waals surface area (Å²) in [6.45, 7) is 0. The maximum Gasteiger partial charge on any atom is 0.348 e. The first-order valence-electron chi connectivity index (χ1n) is 4.61. The van der Waals surface area contributed by atoms with Crippen LogP contribution in [0.15, 0.2) is 30.5 Å². The Morgan fingerprint density at radius 1 is 1.38 bits per heavy atom. The van der Waals surface area contributed by atoms with Gasteiger partial charge in [-0.05, 0) is 24.3 Å². The quantitative estimate of drug-likeness (QED) is 0.809. The number of ether oxygens (including phenoxy) is 1. The highest BCUT2D eigenvalue weighted by Crippen LogP contribution is 2.27. The molecular weight excluding hydrogens is 224 g/mol. The summed E-state index contributed by atoms with van der Waals surface area (Å²) < 4.78 is 4.64. The Morgan fingerprint density at radius 3 is 2.81 bits per heavy atom. The first-order valence-corrected chi connectivity index (χ1v) is 5.42. The molecule has 4 nitrogen and oxygen atoms in total. The van der Waals surface area contributed by atoms with Crippen molar-refractivity contribution in [3.05, 3.63) is 35.3 Å². The van der Waals surface area contributed by atoms with E-state index in [-0.39, 0.29) is 5.97 Å². The molecule has 0 aliphatic carbocycles. The number of carbonyl (C=O) groups excluding carboxylic acids is 1. The fourth-order valence-corrected chi connectivity index (χ4v) is 2.14. The lowest BCUT2D eigenvalue weighted by atomic mass is 10.3. The minimum absolute atomic E-state index is 0.327. The summed E-state index contributed by atoms with van der Waals surface area (Å²) in [5.41, 5.74) is 6.97. The summed E-state index contributed by atoms with van der Waals surface area (Å²) >= 11 is 1.35. The minimum atomic E-state index is -0.327. The molecule has 2 aromatic heterocycles. The monoisotopic (exact) mass is 234 g/mol. The van der Waals surface area contributed by atoms with Gasteiger partial charge in [0.15, 0.2) is 0 Å². The van der Waals surface area contributed by atoms with Crippen LogP contribution in [0.1, 0.15) is 9.67 Å². The number of pyridine rings is 1. The molecular formula is C11H10N2O2S. The zero-order valence-electron chi connectivity index (χ0n) is 8.64. The summed E-state index contributed by atoms with van der Waals surface area (Å²) in [6.07, 6.45) is 1.59. The second-order valence-electron chi connectivity index (χ2n) is 3.13. The molecule has 0 amide bonds. The maximum atomic E-state index is 11.3. The van der Waals surface area contributed by atoms with Crippen LogP contribution < -0.4 is 5.73 Å². The van der Waals surface area contributed by atoms with E-state index >= 15 is 0 Å². The molecule has 82 valence electrons. The zero-order valence-corrected chi connectivity index (χ0v) is 9.45. The van der Waals surface area contributed by atoms with Crippen LogP contribution in [-0.4, -0.2) is 18.1 Å². The highest BCUT2D eigenvalue weighted by Gasteiger charge is 2.10. The van der Waals surface area contributed by atoms with Crippen molar-refractivity contribution in [3.63, 3.8) is 0 Å². The fourth-order valence-electron chi connectivity index (χ4n) is 1.24. The Hall–Kier alpha value is -1.88. The molecule has 0 unspecified atom stereocenters. The van der Waals surface area contributed by atoms with Gasteiger partial charge in [-0.2, -0.15) is 0 Å². The molecule has 0 fully saturated rings. The van der Waals surface area contributed by atoms with Crippen LogP contribution in [0.5, 0.6) is 0 Å². The first kappa shape index (κ1) is 10.6. The van der Waals surface area contributed by atoms with Crippen molar-refractivity contribution in [1.29, 1.82) is 0 Å². The van der Waals surface area contributed by atoms with Crippen molar-refractivity contribution >= 4 is 23.0 Å². The van der Waals surface area contributed by atoms with Crippen molar-refractivity contribution in [2.24, 2.45) is 0 Å². The van der Waals surface area contributed by atoms with Crippen LogP contribution in [-0.2, 0) is 4.74 Å². The predicted molar refractivity (Wildman–Crippen MR) is 63.3 cm³/mol. The van der Waals surface area contributed by atoms with Crippen LogP contribution in [0, 0.1) is 0 Å². The molecule has 2 rings (SSSR count). The zero-order chi connectivity index (χ0) is 11.5. The number of esters is 1. The van der Waals surface area contributed by atoms with Crippen LogP contribution in [0.25, 0.3) is 10.6 Å². The number of nitrogen functional groups attached to an aromatic ring is 1. The van der Waals surface area contributed by atoms with Gasteiger partial charge in [0.05, 0.1) is 29.6 Å². The predicted octanol–water partition coefficient (Wildman–Crippen LogP) is 2.18. The number of nitrogens with two attached hydrogens (primary N) is 1. The van der Waals surface area contributed by atoms with Crippen LogP contribution in [0.4, 0.5) is 5.69 Å².